The monoisotopic (exact) mass is 346 g/mol. The molecule has 1 aliphatic rings. The van der Waals surface area contributed by atoms with Crippen LogP contribution in [0.2, 0.25) is 0 Å². The Balaban J connectivity index is 1.59. The molecule has 7 heteroatoms. The van der Waals surface area contributed by atoms with Gasteiger partial charge in [0.05, 0.1) is 28.3 Å². The first kappa shape index (κ1) is 16.9. The highest BCUT2D eigenvalue weighted by Gasteiger charge is 2.26. The summed E-state index contributed by atoms with van der Waals surface area (Å²) < 4.78 is 1.20. The lowest BCUT2D eigenvalue weighted by Gasteiger charge is -2.32. The van der Waals surface area contributed by atoms with E-state index in [4.69, 9.17) is 4.98 Å². The zero-order chi connectivity index (χ0) is 16.9. The lowest BCUT2D eigenvalue weighted by molar-refractivity contribution is -0.131. The van der Waals surface area contributed by atoms with Crippen molar-refractivity contribution in [3.8, 4) is 0 Å². The lowest BCUT2D eigenvalue weighted by Crippen LogP contribution is -2.44. The third kappa shape index (κ3) is 3.91. The van der Waals surface area contributed by atoms with Crippen molar-refractivity contribution >= 4 is 33.4 Å². The minimum atomic E-state index is -0.117. The van der Waals surface area contributed by atoms with Gasteiger partial charge in [-0.2, -0.15) is 0 Å². The van der Waals surface area contributed by atoms with Crippen molar-refractivity contribution in [2.24, 2.45) is 0 Å². The van der Waals surface area contributed by atoms with E-state index in [0.29, 0.717) is 12.5 Å². The topological polar surface area (TPSA) is 74.3 Å². The minimum absolute atomic E-state index is 0.0460. The molecule has 3 rings (SSSR count). The number of hydrogen-bond donors (Lipinski definition) is 2. The highest BCUT2D eigenvalue weighted by Crippen LogP contribution is 2.32. The van der Waals surface area contributed by atoms with Gasteiger partial charge in [-0.3, -0.25) is 14.9 Å². The number of carbonyl (C=O) groups is 2. The fraction of sp³-hybridized carbons (Fsp3) is 0.471. The Labute approximate surface area is 145 Å². The number of benzene rings is 1. The maximum absolute atomic E-state index is 12.3. The molecular weight excluding hydrogens is 324 g/mol. The van der Waals surface area contributed by atoms with Gasteiger partial charge in [-0.15, -0.1) is 11.3 Å². The van der Waals surface area contributed by atoms with Crippen molar-refractivity contribution in [2.75, 3.05) is 33.2 Å². The lowest BCUT2D eigenvalue weighted by atomic mass is 9.98. The van der Waals surface area contributed by atoms with Crippen LogP contribution in [0.15, 0.2) is 24.3 Å². The summed E-state index contributed by atoms with van der Waals surface area (Å²) in [6.45, 7) is 1.85. The van der Waals surface area contributed by atoms with Crippen LogP contribution in [-0.4, -0.2) is 54.9 Å². The van der Waals surface area contributed by atoms with Gasteiger partial charge in [0.15, 0.2) is 0 Å². The zero-order valence-corrected chi connectivity index (χ0v) is 14.6. The van der Waals surface area contributed by atoms with Gasteiger partial charge in [0.25, 0.3) is 0 Å². The molecule has 2 aromatic rings. The molecule has 128 valence electrons. The summed E-state index contributed by atoms with van der Waals surface area (Å²) in [6.07, 6.45) is 2.05. The number of fused-ring (bicyclic) bond motifs is 1. The molecule has 0 aliphatic carbocycles. The number of nitrogens with zero attached hydrogens (tertiary/aromatic N) is 2. The normalized spacial score (nSPS) is 17.9. The van der Waals surface area contributed by atoms with Crippen LogP contribution >= 0.6 is 11.3 Å². The summed E-state index contributed by atoms with van der Waals surface area (Å²) in [5, 5.41) is 6.54. The number of aromatic nitrogens is 1. The van der Waals surface area contributed by atoms with Gasteiger partial charge in [-0.05, 0) is 25.0 Å². The summed E-state index contributed by atoms with van der Waals surface area (Å²) in [5.74, 6) is 0.234. The molecule has 2 amide bonds. The van der Waals surface area contributed by atoms with Crippen LogP contribution in [0.3, 0.4) is 0 Å². The van der Waals surface area contributed by atoms with Gasteiger partial charge in [-0.25, -0.2) is 4.98 Å². The van der Waals surface area contributed by atoms with Crippen molar-refractivity contribution in [1.29, 1.82) is 0 Å². The predicted molar refractivity (Wildman–Crippen MR) is 95.1 cm³/mol. The van der Waals surface area contributed by atoms with Crippen molar-refractivity contribution < 1.29 is 9.59 Å². The van der Waals surface area contributed by atoms with Crippen LogP contribution in [0.4, 0.5) is 0 Å². The van der Waals surface area contributed by atoms with E-state index >= 15 is 0 Å². The van der Waals surface area contributed by atoms with Crippen LogP contribution in [0.5, 0.6) is 0 Å². The molecule has 0 saturated carbocycles. The first-order chi connectivity index (χ1) is 11.7. The third-order valence-electron chi connectivity index (χ3n) is 4.27. The minimum Gasteiger partial charge on any atom is -0.358 e. The maximum Gasteiger partial charge on any atom is 0.236 e. The van der Waals surface area contributed by atoms with Crippen molar-refractivity contribution in [3.63, 3.8) is 0 Å². The molecule has 1 saturated heterocycles. The smallest absolute Gasteiger partial charge is 0.236 e. The molecule has 1 aromatic carbocycles. The number of piperidine rings is 1. The molecule has 6 nitrogen and oxygen atoms in total. The van der Waals surface area contributed by atoms with Gasteiger partial charge in [0.1, 0.15) is 0 Å². The third-order valence-corrected chi connectivity index (χ3v) is 5.47. The fourth-order valence-electron chi connectivity index (χ4n) is 2.95. The number of hydrogen-bond acceptors (Lipinski definition) is 5. The van der Waals surface area contributed by atoms with Crippen molar-refractivity contribution in [2.45, 2.75) is 18.8 Å². The van der Waals surface area contributed by atoms with E-state index < -0.39 is 0 Å². The second kappa shape index (κ2) is 7.72. The van der Waals surface area contributed by atoms with E-state index in [9.17, 15) is 9.59 Å². The molecule has 1 fully saturated rings. The van der Waals surface area contributed by atoms with Crippen molar-refractivity contribution in [3.05, 3.63) is 29.3 Å². The average Bonchev–Trinajstić information content (AvgIpc) is 3.05. The van der Waals surface area contributed by atoms with Crippen LogP contribution in [0.1, 0.15) is 23.8 Å². The molecule has 2 N–H and O–H groups in total. The summed E-state index contributed by atoms with van der Waals surface area (Å²) in [7, 11) is 1.58. The van der Waals surface area contributed by atoms with E-state index in [1.807, 2.05) is 23.1 Å². The fourth-order valence-corrected chi connectivity index (χ4v) is 4.05. The molecule has 0 radical (unpaired) electrons. The second-order valence-electron chi connectivity index (χ2n) is 5.98. The highest BCUT2D eigenvalue weighted by molar-refractivity contribution is 7.18. The van der Waals surface area contributed by atoms with Gasteiger partial charge >= 0.3 is 0 Å². The molecule has 0 spiro atoms. The molecular formula is C17H22N4O2S. The van der Waals surface area contributed by atoms with Gasteiger partial charge < -0.3 is 10.2 Å². The Morgan fingerprint density at radius 3 is 2.96 bits per heavy atom. The quantitative estimate of drug-likeness (QED) is 0.857. The first-order valence-electron chi connectivity index (χ1n) is 8.22. The number of likely N-dealkylation sites (tertiary alicyclic amines) is 1. The number of para-hydroxylation sites is 1. The molecule has 1 aliphatic heterocycles. The zero-order valence-electron chi connectivity index (χ0n) is 13.7. The largest absolute Gasteiger partial charge is 0.358 e. The van der Waals surface area contributed by atoms with Gasteiger partial charge in [0.2, 0.25) is 11.8 Å². The number of rotatable bonds is 5. The number of carbonyl (C=O) groups excluding carboxylic acids is 2. The molecule has 1 aromatic heterocycles. The van der Waals surface area contributed by atoms with E-state index in [1.54, 1.807) is 18.4 Å². The SMILES string of the molecule is CNC(=O)CNCC(=O)N1CCC[C@H](c2nc3ccccc3s2)C1. The van der Waals surface area contributed by atoms with Crippen molar-refractivity contribution in [1.82, 2.24) is 20.5 Å². The molecule has 0 unspecified atom stereocenters. The van der Waals surface area contributed by atoms with E-state index in [1.165, 1.54) is 4.70 Å². The standard InChI is InChI=1S/C17H22N4O2S/c1-18-15(22)9-19-10-16(23)21-8-4-5-12(11-21)17-20-13-6-2-3-7-14(13)24-17/h2-3,6-7,12,19H,4-5,8-11H2,1H3,(H,18,22)/t12-/m0/s1. The maximum atomic E-state index is 12.3. The Bertz CT molecular complexity index is 697. The molecule has 24 heavy (non-hydrogen) atoms. The first-order valence-corrected chi connectivity index (χ1v) is 9.03. The van der Waals surface area contributed by atoms with E-state index in [-0.39, 0.29) is 24.9 Å². The summed E-state index contributed by atoms with van der Waals surface area (Å²) in [5.41, 5.74) is 1.04. The number of likely N-dealkylation sites (N-methyl/N-ethyl adjacent to an activating group) is 1. The van der Waals surface area contributed by atoms with Gasteiger partial charge in [-0.1, -0.05) is 12.1 Å². The summed E-state index contributed by atoms with van der Waals surface area (Å²) in [4.78, 5) is 30.1. The second-order valence-corrected chi connectivity index (χ2v) is 7.04. The summed E-state index contributed by atoms with van der Waals surface area (Å²) in [6, 6.07) is 8.15. The number of amides is 2. The molecule has 2 heterocycles. The average molecular weight is 346 g/mol. The Morgan fingerprint density at radius 1 is 1.33 bits per heavy atom. The van der Waals surface area contributed by atoms with E-state index in [0.717, 1.165) is 29.9 Å². The van der Waals surface area contributed by atoms with Crippen LogP contribution < -0.4 is 10.6 Å². The highest BCUT2D eigenvalue weighted by atomic mass is 32.1. The Morgan fingerprint density at radius 2 is 2.17 bits per heavy atom. The predicted octanol–water partition coefficient (Wildman–Crippen LogP) is 1.34. The van der Waals surface area contributed by atoms with Gasteiger partial charge in [0, 0.05) is 26.1 Å². The molecule has 0 bridgehead atoms. The number of thiazole rings is 1. The Kier molecular flexibility index (Phi) is 5.42. The number of nitrogens with one attached hydrogen (secondary N) is 2. The Hall–Kier alpha value is -1.99. The van der Waals surface area contributed by atoms with E-state index in [2.05, 4.69) is 16.7 Å². The van der Waals surface area contributed by atoms with Crippen LogP contribution in [-0.2, 0) is 9.59 Å². The summed E-state index contributed by atoms with van der Waals surface area (Å²) >= 11 is 1.72. The van der Waals surface area contributed by atoms with Crippen LogP contribution in [0, 0.1) is 0 Å². The molecule has 1 atom stereocenters. The van der Waals surface area contributed by atoms with Crippen LogP contribution in [0.25, 0.3) is 10.2 Å².